The number of benzene rings is 1. The van der Waals surface area contributed by atoms with Crippen molar-refractivity contribution < 1.29 is 0 Å². The third kappa shape index (κ3) is 2.66. The van der Waals surface area contributed by atoms with E-state index in [9.17, 15) is 0 Å². The topological polar surface area (TPSA) is 29.3 Å². The maximum absolute atomic E-state index is 4.57. The summed E-state index contributed by atoms with van der Waals surface area (Å²) >= 11 is 5.14. The second-order valence-electron chi connectivity index (χ2n) is 4.85. The van der Waals surface area contributed by atoms with Crippen molar-refractivity contribution in [3.8, 4) is 0 Å². The standard InChI is InChI=1S/C15H16BrN3S/c1-10(12-3-5-13(16)6-4-12)17-9-14-11(2)18-15-19(14)7-8-20-15/h3-8,10,17H,9H2,1-2H3/t10-/m0/s1. The number of nitrogens with zero attached hydrogens (tertiary/aromatic N) is 2. The van der Waals surface area contributed by atoms with Crippen LogP contribution in [0.25, 0.3) is 4.96 Å². The first-order chi connectivity index (χ1) is 9.65. The van der Waals surface area contributed by atoms with E-state index in [2.05, 4.69) is 80.3 Å². The molecule has 1 aromatic carbocycles. The van der Waals surface area contributed by atoms with Gasteiger partial charge in [-0.05, 0) is 31.5 Å². The minimum absolute atomic E-state index is 0.312. The first-order valence-electron chi connectivity index (χ1n) is 6.55. The first-order valence-corrected chi connectivity index (χ1v) is 8.22. The van der Waals surface area contributed by atoms with Gasteiger partial charge in [-0.1, -0.05) is 28.1 Å². The van der Waals surface area contributed by atoms with Gasteiger partial charge in [0.1, 0.15) is 0 Å². The highest BCUT2D eigenvalue weighted by Crippen LogP contribution is 2.19. The van der Waals surface area contributed by atoms with Gasteiger partial charge in [0.05, 0.1) is 11.4 Å². The average molecular weight is 350 g/mol. The Morgan fingerprint density at radius 3 is 2.85 bits per heavy atom. The van der Waals surface area contributed by atoms with Crippen LogP contribution < -0.4 is 5.32 Å². The SMILES string of the molecule is Cc1nc2sccn2c1CN[C@@H](C)c1ccc(Br)cc1. The maximum Gasteiger partial charge on any atom is 0.194 e. The molecule has 0 bridgehead atoms. The lowest BCUT2D eigenvalue weighted by molar-refractivity contribution is 0.564. The second-order valence-corrected chi connectivity index (χ2v) is 6.64. The van der Waals surface area contributed by atoms with Crippen molar-refractivity contribution in [2.75, 3.05) is 0 Å². The van der Waals surface area contributed by atoms with Crippen molar-refractivity contribution >= 4 is 32.2 Å². The summed E-state index contributed by atoms with van der Waals surface area (Å²) in [4.78, 5) is 5.64. The summed E-state index contributed by atoms with van der Waals surface area (Å²) in [6.45, 7) is 5.08. The Morgan fingerprint density at radius 1 is 1.35 bits per heavy atom. The molecule has 0 saturated carbocycles. The quantitative estimate of drug-likeness (QED) is 0.759. The van der Waals surface area contributed by atoms with Crippen molar-refractivity contribution in [3.63, 3.8) is 0 Å². The van der Waals surface area contributed by atoms with Crippen LogP contribution in [0.4, 0.5) is 0 Å². The smallest absolute Gasteiger partial charge is 0.194 e. The molecule has 2 heterocycles. The van der Waals surface area contributed by atoms with Crippen LogP contribution in [0.2, 0.25) is 0 Å². The number of hydrogen-bond acceptors (Lipinski definition) is 3. The third-order valence-corrected chi connectivity index (χ3v) is 4.79. The minimum Gasteiger partial charge on any atom is -0.305 e. The van der Waals surface area contributed by atoms with Crippen LogP contribution in [0, 0.1) is 6.92 Å². The molecule has 5 heteroatoms. The molecular formula is C15H16BrN3S. The van der Waals surface area contributed by atoms with Crippen molar-refractivity contribution in [1.82, 2.24) is 14.7 Å². The highest BCUT2D eigenvalue weighted by atomic mass is 79.9. The Balaban J connectivity index is 1.74. The highest BCUT2D eigenvalue weighted by molar-refractivity contribution is 9.10. The van der Waals surface area contributed by atoms with Gasteiger partial charge in [0.15, 0.2) is 4.96 Å². The van der Waals surface area contributed by atoms with Gasteiger partial charge in [-0.25, -0.2) is 4.98 Å². The summed E-state index contributed by atoms with van der Waals surface area (Å²) in [5.41, 5.74) is 3.63. The zero-order valence-corrected chi connectivity index (χ0v) is 13.8. The minimum atomic E-state index is 0.312. The summed E-state index contributed by atoms with van der Waals surface area (Å²) < 4.78 is 3.28. The normalized spacial score (nSPS) is 12.9. The molecule has 1 N–H and O–H groups in total. The zero-order chi connectivity index (χ0) is 14.1. The van der Waals surface area contributed by atoms with Crippen LogP contribution in [-0.2, 0) is 6.54 Å². The highest BCUT2D eigenvalue weighted by Gasteiger charge is 2.11. The molecule has 0 aliphatic carbocycles. The van der Waals surface area contributed by atoms with Gasteiger partial charge in [0.25, 0.3) is 0 Å². The molecule has 0 aliphatic heterocycles. The van der Waals surface area contributed by atoms with E-state index in [0.717, 1.165) is 21.7 Å². The van der Waals surface area contributed by atoms with Crippen LogP contribution in [-0.4, -0.2) is 9.38 Å². The molecule has 3 rings (SSSR count). The third-order valence-electron chi connectivity index (χ3n) is 3.51. The number of aromatic nitrogens is 2. The Labute approximate surface area is 130 Å². The van der Waals surface area contributed by atoms with E-state index in [0.29, 0.717) is 6.04 Å². The van der Waals surface area contributed by atoms with E-state index in [4.69, 9.17) is 0 Å². The van der Waals surface area contributed by atoms with Gasteiger partial charge in [-0.15, -0.1) is 11.3 Å². The van der Waals surface area contributed by atoms with E-state index in [1.807, 2.05) is 0 Å². The lowest BCUT2D eigenvalue weighted by Crippen LogP contribution is -2.19. The fourth-order valence-corrected chi connectivity index (χ4v) is 3.32. The number of nitrogens with one attached hydrogen (secondary N) is 1. The first kappa shape index (κ1) is 13.8. The van der Waals surface area contributed by atoms with Gasteiger partial charge in [-0.3, -0.25) is 4.40 Å². The number of rotatable bonds is 4. The number of thiazole rings is 1. The predicted molar refractivity (Wildman–Crippen MR) is 87.2 cm³/mol. The fourth-order valence-electron chi connectivity index (χ4n) is 2.27. The van der Waals surface area contributed by atoms with E-state index < -0.39 is 0 Å². The molecule has 0 radical (unpaired) electrons. The van der Waals surface area contributed by atoms with Crippen molar-refractivity contribution in [3.05, 3.63) is 57.3 Å². The molecule has 2 aromatic heterocycles. The van der Waals surface area contributed by atoms with Gasteiger partial charge >= 0.3 is 0 Å². The number of aryl methyl sites for hydroxylation is 1. The second kappa shape index (κ2) is 5.68. The molecule has 20 heavy (non-hydrogen) atoms. The van der Waals surface area contributed by atoms with Crippen LogP contribution >= 0.6 is 27.3 Å². The van der Waals surface area contributed by atoms with E-state index in [1.54, 1.807) is 11.3 Å². The molecule has 3 aromatic rings. The molecule has 0 aliphatic rings. The average Bonchev–Trinajstić information content (AvgIpc) is 2.98. The summed E-state index contributed by atoms with van der Waals surface area (Å²) in [6.07, 6.45) is 2.08. The predicted octanol–water partition coefficient (Wildman–Crippen LogP) is 4.32. The Kier molecular flexibility index (Phi) is 3.92. The number of hydrogen-bond donors (Lipinski definition) is 1. The van der Waals surface area contributed by atoms with Crippen molar-refractivity contribution in [1.29, 1.82) is 0 Å². The molecular weight excluding hydrogens is 334 g/mol. The molecule has 104 valence electrons. The van der Waals surface area contributed by atoms with Crippen molar-refractivity contribution in [2.45, 2.75) is 26.4 Å². The summed E-state index contributed by atoms with van der Waals surface area (Å²) in [7, 11) is 0. The maximum atomic E-state index is 4.57. The van der Waals surface area contributed by atoms with Crippen LogP contribution in [0.5, 0.6) is 0 Å². The van der Waals surface area contributed by atoms with E-state index in [1.165, 1.54) is 11.3 Å². The van der Waals surface area contributed by atoms with Gasteiger partial charge < -0.3 is 5.32 Å². The van der Waals surface area contributed by atoms with Crippen molar-refractivity contribution in [2.24, 2.45) is 0 Å². The van der Waals surface area contributed by atoms with Crippen LogP contribution in [0.1, 0.15) is 29.9 Å². The van der Waals surface area contributed by atoms with E-state index >= 15 is 0 Å². The molecule has 0 saturated heterocycles. The molecule has 0 unspecified atom stereocenters. The molecule has 1 atom stereocenters. The van der Waals surface area contributed by atoms with Gasteiger partial charge in [0, 0.05) is 28.6 Å². The zero-order valence-electron chi connectivity index (χ0n) is 11.4. The Morgan fingerprint density at radius 2 is 2.10 bits per heavy atom. The number of imidazole rings is 1. The summed E-state index contributed by atoms with van der Waals surface area (Å²) in [5, 5.41) is 5.64. The largest absolute Gasteiger partial charge is 0.305 e. The molecule has 0 amide bonds. The lowest BCUT2D eigenvalue weighted by Gasteiger charge is -2.14. The van der Waals surface area contributed by atoms with E-state index in [-0.39, 0.29) is 0 Å². The Hall–Kier alpha value is -1.17. The lowest BCUT2D eigenvalue weighted by atomic mass is 10.1. The summed E-state index contributed by atoms with van der Waals surface area (Å²) in [5.74, 6) is 0. The van der Waals surface area contributed by atoms with Gasteiger partial charge in [-0.2, -0.15) is 0 Å². The van der Waals surface area contributed by atoms with Crippen LogP contribution in [0.15, 0.2) is 40.3 Å². The number of fused-ring (bicyclic) bond motifs is 1. The Bertz CT molecular complexity index is 714. The molecule has 0 spiro atoms. The molecule has 0 fully saturated rings. The number of halogens is 1. The molecule has 3 nitrogen and oxygen atoms in total. The van der Waals surface area contributed by atoms with Gasteiger partial charge in [0.2, 0.25) is 0 Å². The summed E-state index contributed by atoms with van der Waals surface area (Å²) in [6, 6.07) is 8.76. The monoisotopic (exact) mass is 349 g/mol. The van der Waals surface area contributed by atoms with Crippen LogP contribution in [0.3, 0.4) is 0 Å². The fraction of sp³-hybridized carbons (Fsp3) is 0.267.